The maximum absolute atomic E-state index is 12.3. The Kier molecular flexibility index (Phi) is 3.69. The largest absolute Gasteiger partial charge is 0.349 e. The number of carbonyl (C=O) groups is 1. The maximum Gasteiger partial charge on any atom is 0.251 e. The van der Waals surface area contributed by atoms with Gasteiger partial charge in [-0.3, -0.25) is 4.79 Å². The first-order chi connectivity index (χ1) is 10.2. The van der Waals surface area contributed by atoms with Gasteiger partial charge in [0.05, 0.1) is 17.4 Å². The molecule has 1 aromatic heterocycles. The van der Waals surface area contributed by atoms with Crippen LogP contribution in [0, 0.1) is 0 Å². The number of aromatic nitrogens is 2. The molecule has 1 unspecified atom stereocenters. The molecule has 4 nitrogen and oxygen atoms in total. The van der Waals surface area contributed by atoms with Crippen molar-refractivity contribution in [1.82, 2.24) is 15.3 Å². The monoisotopic (exact) mass is 279 g/mol. The van der Waals surface area contributed by atoms with Crippen LogP contribution in [0.5, 0.6) is 0 Å². The molecule has 4 heteroatoms. The van der Waals surface area contributed by atoms with Gasteiger partial charge in [-0.15, -0.1) is 0 Å². The van der Waals surface area contributed by atoms with E-state index in [4.69, 9.17) is 0 Å². The maximum atomic E-state index is 12.3. The van der Waals surface area contributed by atoms with E-state index in [-0.39, 0.29) is 11.9 Å². The van der Waals surface area contributed by atoms with Gasteiger partial charge in [0.25, 0.3) is 5.91 Å². The van der Waals surface area contributed by atoms with Crippen molar-refractivity contribution in [2.45, 2.75) is 19.4 Å². The second kappa shape index (κ2) is 5.79. The molecule has 0 aliphatic rings. The van der Waals surface area contributed by atoms with Crippen molar-refractivity contribution < 1.29 is 4.79 Å². The molecular weight excluding hydrogens is 262 g/mol. The van der Waals surface area contributed by atoms with Crippen LogP contribution in [0.15, 0.2) is 54.9 Å². The zero-order chi connectivity index (χ0) is 14.7. The molecule has 21 heavy (non-hydrogen) atoms. The SMILES string of the molecule is CC(Cc1ccccc1)NC(=O)c1ccc2nc[nH]c2c1. The summed E-state index contributed by atoms with van der Waals surface area (Å²) in [6.07, 6.45) is 2.45. The highest BCUT2D eigenvalue weighted by Gasteiger charge is 2.11. The molecule has 3 aromatic rings. The van der Waals surface area contributed by atoms with Crippen LogP contribution < -0.4 is 5.32 Å². The van der Waals surface area contributed by atoms with Crippen LogP contribution in [-0.2, 0) is 6.42 Å². The highest BCUT2D eigenvalue weighted by molar-refractivity contribution is 5.97. The van der Waals surface area contributed by atoms with E-state index in [9.17, 15) is 4.79 Å². The Morgan fingerprint density at radius 3 is 2.86 bits per heavy atom. The average molecular weight is 279 g/mol. The molecule has 1 amide bonds. The molecular formula is C17H17N3O. The number of H-pyrrole nitrogens is 1. The molecule has 0 aliphatic carbocycles. The first kappa shape index (κ1) is 13.4. The summed E-state index contributed by atoms with van der Waals surface area (Å²) in [5, 5.41) is 3.03. The molecule has 2 N–H and O–H groups in total. The van der Waals surface area contributed by atoms with E-state index in [0.717, 1.165) is 17.5 Å². The first-order valence-corrected chi connectivity index (χ1v) is 7.00. The second-order valence-corrected chi connectivity index (χ2v) is 5.20. The van der Waals surface area contributed by atoms with E-state index in [1.54, 1.807) is 12.4 Å². The molecule has 0 bridgehead atoms. The van der Waals surface area contributed by atoms with Crippen LogP contribution in [0.2, 0.25) is 0 Å². The Labute approximate surface area is 123 Å². The number of nitrogens with zero attached hydrogens (tertiary/aromatic N) is 1. The fraction of sp³-hybridized carbons (Fsp3) is 0.176. The van der Waals surface area contributed by atoms with Gasteiger partial charge in [0.2, 0.25) is 0 Å². The predicted octanol–water partition coefficient (Wildman–Crippen LogP) is 2.92. The molecule has 0 saturated carbocycles. The summed E-state index contributed by atoms with van der Waals surface area (Å²) in [4.78, 5) is 19.4. The van der Waals surface area contributed by atoms with Gasteiger partial charge in [-0.05, 0) is 37.1 Å². The third-order valence-electron chi connectivity index (χ3n) is 3.44. The van der Waals surface area contributed by atoms with Gasteiger partial charge in [-0.1, -0.05) is 30.3 Å². The summed E-state index contributed by atoms with van der Waals surface area (Å²) in [6, 6.07) is 15.7. The molecule has 0 saturated heterocycles. The topological polar surface area (TPSA) is 57.8 Å². The quantitative estimate of drug-likeness (QED) is 0.771. The number of hydrogen-bond donors (Lipinski definition) is 2. The van der Waals surface area contributed by atoms with E-state index >= 15 is 0 Å². The minimum atomic E-state index is -0.0602. The van der Waals surface area contributed by atoms with Crippen molar-refractivity contribution in [2.75, 3.05) is 0 Å². The van der Waals surface area contributed by atoms with E-state index in [1.807, 2.05) is 37.3 Å². The average Bonchev–Trinajstić information content (AvgIpc) is 2.95. The smallest absolute Gasteiger partial charge is 0.251 e. The fourth-order valence-corrected chi connectivity index (χ4v) is 2.40. The minimum absolute atomic E-state index is 0.0602. The van der Waals surface area contributed by atoms with Gasteiger partial charge in [0.1, 0.15) is 0 Å². The molecule has 3 rings (SSSR count). The highest BCUT2D eigenvalue weighted by Crippen LogP contribution is 2.12. The van der Waals surface area contributed by atoms with E-state index < -0.39 is 0 Å². The number of aromatic amines is 1. The summed E-state index contributed by atoms with van der Waals surface area (Å²) in [5.74, 6) is -0.0602. The number of rotatable bonds is 4. The molecule has 106 valence electrons. The standard InChI is InChI=1S/C17H17N3O/c1-12(9-13-5-3-2-4-6-13)20-17(21)14-7-8-15-16(10-14)19-11-18-15/h2-8,10-12H,9H2,1H3,(H,18,19)(H,20,21). The molecule has 0 aliphatic heterocycles. The Morgan fingerprint density at radius 2 is 2.05 bits per heavy atom. The van der Waals surface area contributed by atoms with Crippen LogP contribution in [-0.4, -0.2) is 21.9 Å². The van der Waals surface area contributed by atoms with Crippen LogP contribution >= 0.6 is 0 Å². The van der Waals surface area contributed by atoms with Gasteiger partial charge >= 0.3 is 0 Å². The number of fused-ring (bicyclic) bond motifs is 1. The van der Waals surface area contributed by atoms with Crippen LogP contribution in [0.1, 0.15) is 22.8 Å². The van der Waals surface area contributed by atoms with Crippen LogP contribution in [0.25, 0.3) is 11.0 Å². The van der Waals surface area contributed by atoms with Crippen molar-refractivity contribution in [3.05, 3.63) is 66.0 Å². The van der Waals surface area contributed by atoms with Crippen LogP contribution in [0.4, 0.5) is 0 Å². The first-order valence-electron chi connectivity index (χ1n) is 7.00. The minimum Gasteiger partial charge on any atom is -0.349 e. The highest BCUT2D eigenvalue weighted by atomic mass is 16.1. The Balaban J connectivity index is 1.67. The van der Waals surface area contributed by atoms with Gasteiger partial charge in [0, 0.05) is 11.6 Å². The Morgan fingerprint density at radius 1 is 1.24 bits per heavy atom. The normalized spacial score (nSPS) is 12.2. The molecule has 0 radical (unpaired) electrons. The summed E-state index contributed by atoms with van der Waals surface area (Å²) in [5.41, 5.74) is 3.60. The van der Waals surface area contributed by atoms with Crippen molar-refractivity contribution in [3.8, 4) is 0 Å². The predicted molar refractivity (Wildman–Crippen MR) is 83.2 cm³/mol. The van der Waals surface area contributed by atoms with Crippen molar-refractivity contribution in [2.24, 2.45) is 0 Å². The summed E-state index contributed by atoms with van der Waals surface area (Å²) in [7, 11) is 0. The van der Waals surface area contributed by atoms with E-state index in [1.165, 1.54) is 5.56 Å². The summed E-state index contributed by atoms with van der Waals surface area (Å²) >= 11 is 0. The third-order valence-corrected chi connectivity index (χ3v) is 3.44. The van der Waals surface area contributed by atoms with Gasteiger partial charge < -0.3 is 10.3 Å². The lowest BCUT2D eigenvalue weighted by Gasteiger charge is -2.14. The van der Waals surface area contributed by atoms with Crippen molar-refractivity contribution >= 4 is 16.9 Å². The Bertz CT molecular complexity index is 749. The summed E-state index contributed by atoms with van der Waals surface area (Å²) < 4.78 is 0. The molecule has 2 aromatic carbocycles. The third kappa shape index (κ3) is 3.11. The second-order valence-electron chi connectivity index (χ2n) is 5.20. The van der Waals surface area contributed by atoms with E-state index in [2.05, 4.69) is 27.4 Å². The number of imidazole rings is 1. The lowest BCUT2D eigenvalue weighted by Crippen LogP contribution is -2.34. The number of benzene rings is 2. The van der Waals surface area contributed by atoms with E-state index in [0.29, 0.717) is 5.56 Å². The number of nitrogens with one attached hydrogen (secondary N) is 2. The van der Waals surface area contributed by atoms with Crippen molar-refractivity contribution in [3.63, 3.8) is 0 Å². The lowest BCUT2D eigenvalue weighted by atomic mass is 10.1. The van der Waals surface area contributed by atoms with Gasteiger partial charge in [-0.25, -0.2) is 4.98 Å². The summed E-state index contributed by atoms with van der Waals surface area (Å²) in [6.45, 7) is 2.01. The molecule has 1 heterocycles. The number of hydrogen-bond acceptors (Lipinski definition) is 2. The zero-order valence-electron chi connectivity index (χ0n) is 11.8. The zero-order valence-corrected chi connectivity index (χ0v) is 11.8. The fourth-order valence-electron chi connectivity index (χ4n) is 2.40. The van der Waals surface area contributed by atoms with Gasteiger partial charge in [0.15, 0.2) is 0 Å². The molecule has 0 fully saturated rings. The van der Waals surface area contributed by atoms with Crippen molar-refractivity contribution in [1.29, 1.82) is 0 Å². The number of amides is 1. The number of carbonyl (C=O) groups excluding carboxylic acids is 1. The molecule has 1 atom stereocenters. The lowest BCUT2D eigenvalue weighted by molar-refractivity contribution is 0.0940. The Hall–Kier alpha value is -2.62. The molecule has 0 spiro atoms. The van der Waals surface area contributed by atoms with Crippen LogP contribution in [0.3, 0.4) is 0 Å². The van der Waals surface area contributed by atoms with Gasteiger partial charge in [-0.2, -0.15) is 0 Å².